The smallest absolute Gasteiger partial charge is 0.155 e. The highest BCUT2D eigenvalue weighted by Crippen LogP contribution is 2.65. The summed E-state index contributed by atoms with van der Waals surface area (Å²) in [5.74, 6) is 2.63. The lowest BCUT2D eigenvalue weighted by molar-refractivity contribution is -0.115. The van der Waals surface area contributed by atoms with Crippen molar-refractivity contribution >= 4 is 5.78 Å². The summed E-state index contributed by atoms with van der Waals surface area (Å²) in [6.45, 7) is 11.6. The molecule has 0 aromatic rings. The predicted molar refractivity (Wildman–Crippen MR) is 99.6 cm³/mol. The van der Waals surface area contributed by atoms with Crippen LogP contribution in [0.5, 0.6) is 0 Å². The fourth-order valence-corrected chi connectivity index (χ4v) is 6.77. The fraction of sp³-hybridized carbons (Fsp3) is 0.696. The van der Waals surface area contributed by atoms with Crippen molar-refractivity contribution in [2.45, 2.75) is 72.1 Å². The first kappa shape index (κ1) is 16.4. The third-order valence-electron chi connectivity index (χ3n) is 8.28. The van der Waals surface area contributed by atoms with Crippen LogP contribution >= 0.6 is 0 Å². The summed E-state index contributed by atoms with van der Waals surface area (Å²) in [6.07, 6.45) is 13.8. The standard InChI is InChI=1S/C23H32O/c1-5-15(2)19-8-9-20-18-7-6-16-14-17(24)10-12-22(16,3)21(18)11-13-23(19,20)4/h11,14,18-20H,2,5-10,12-13H2,1,3-4H3. The van der Waals surface area contributed by atoms with Crippen LogP contribution in [0.25, 0.3) is 0 Å². The van der Waals surface area contributed by atoms with Crippen molar-refractivity contribution in [1.29, 1.82) is 0 Å². The van der Waals surface area contributed by atoms with Gasteiger partial charge in [-0.15, -0.1) is 0 Å². The molecule has 1 nitrogen and oxygen atoms in total. The number of allylic oxidation sites excluding steroid dienone is 5. The van der Waals surface area contributed by atoms with E-state index in [1.54, 1.807) is 5.57 Å². The Labute approximate surface area is 147 Å². The Morgan fingerprint density at radius 3 is 2.79 bits per heavy atom. The molecule has 5 unspecified atom stereocenters. The maximum atomic E-state index is 11.9. The summed E-state index contributed by atoms with van der Waals surface area (Å²) in [4.78, 5) is 11.9. The van der Waals surface area contributed by atoms with Crippen LogP contribution in [0, 0.1) is 28.6 Å². The molecule has 2 saturated carbocycles. The Bertz CT molecular complexity index is 651. The Morgan fingerprint density at radius 2 is 2.04 bits per heavy atom. The number of hydrogen-bond donors (Lipinski definition) is 0. The van der Waals surface area contributed by atoms with Gasteiger partial charge in [0.15, 0.2) is 5.78 Å². The largest absolute Gasteiger partial charge is 0.295 e. The van der Waals surface area contributed by atoms with Crippen LogP contribution in [0.15, 0.2) is 35.5 Å². The van der Waals surface area contributed by atoms with E-state index in [4.69, 9.17) is 0 Å². The summed E-state index contributed by atoms with van der Waals surface area (Å²) >= 11 is 0. The molecule has 1 heteroatoms. The highest BCUT2D eigenvalue weighted by atomic mass is 16.1. The molecule has 0 amide bonds. The zero-order valence-electron chi connectivity index (χ0n) is 15.7. The molecule has 0 spiro atoms. The normalized spacial score (nSPS) is 44.1. The second-order valence-corrected chi connectivity index (χ2v) is 9.23. The molecule has 0 saturated heterocycles. The average Bonchev–Trinajstić information content (AvgIpc) is 2.92. The fourth-order valence-electron chi connectivity index (χ4n) is 6.77. The van der Waals surface area contributed by atoms with Gasteiger partial charge >= 0.3 is 0 Å². The van der Waals surface area contributed by atoms with E-state index < -0.39 is 0 Å². The second-order valence-electron chi connectivity index (χ2n) is 9.23. The number of hydrogen-bond acceptors (Lipinski definition) is 1. The number of carbonyl (C=O) groups is 1. The van der Waals surface area contributed by atoms with Crippen LogP contribution in [-0.4, -0.2) is 5.78 Å². The Kier molecular flexibility index (Phi) is 3.71. The first-order chi connectivity index (χ1) is 11.4. The molecule has 24 heavy (non-hydrogen) atoms. The molecule has 2 fully saturated rings. The van der Waals surface area contributed by atoms with E-state index in [-0.39, 0.29) is 5.41 Å². The van der Waals surface area contributed by atoms with Crippen LogP contribution < -0.4 is 0 Å². The van der Waals surface area contributed by atoms with Crippen LogP contribution in [0.2, 0.25) is 0 Å². The maximum Gasteiger partial charge on any atom is 0.155 e. The minimum atomic E-state index is 0.179. The van der Waals surface area contributed by atoms with Gasteiger partial charge in [-0.05, 0) is 74.2 Å². The van der Waals surface area contributed by atoms with Gasteiger partial charge in [0.25, 0.3) is 0 Å². The number of rotatable bonds is 2. The Hall–Kier alpha value is -1.11. The van der Waals surface area contributed by atoms with Crippen molar-refractivity contribution in [2.75, 3.05) is 0 Å². The first-order valence-corrected chi connectivity index (χ1v) is 10.0. The van der Waals surface area contributed by atoms with Gasteiger partial charge in [-0.25, -0.2) is 0 Å². The van der Waals surface area contributed by atoms with Crippen molar-refractivity contribution in [3.05, 3.63) is 35.5 Å². The van der Waals surface area contributed by atoms with Crippen LogP contribution in [0.4, 0.5) is 0 Å². The highest BCUT2D eigenvalue weighted by Gasteiger charge is 2.55. The van der Waals surface area contributed by atoms with Crippen LogP contribution in [-0.2, 0) is 4.79 Å². The van der Waals surface area contributed by atoms with E-state index in [0.717, 1.165) is 37.5 Å². The number of ketones is 1. The molecule has 4 aliphatic carbocycles. The molecule has 0 aliphatic heterocycles. The molecule has 0 bridgehead atoms. The summed E-state index contributed by atoms with van der Waals surface area (Å²) < 4.78 is 0. The molecule has 4 aliphatic rings. The molecular weight excluding hydrogens is 292 g/mol. The van der Waals surface area contributed by atoms with Crippen LogP contribution in [0.3, 0.4) is 0 Å². The van der Waals surface area contributed by atoms with E-state index in [2.05, 4.69) is 33.4 Å². The summed E-state index contributed by atoms with van der Waals surface area (Å²) in [5.41, 5.74) is 5.19. The minimum absolute atomic E-state index is 0.179. The van der Waals surface area contributed by atoms with E-state index in [1.165, 1.54) is 36.8 Å². The van der Waals surface area contributed by atoms with Gasteiger partial charge in [-0.1, -0.05) is 50.1 Å². The van der Waals surface area contributed by atoms with Gasteiger partial charge in [0.05, 0.1) is 0 Å². The van der Waals surface area contributed by atoms with Crippen molar-refractivity contribution in [2.24, 2.45) is 28.6 Å². The quantitative estimate of drug-likeness (QED) is 0.568. The maximum absolute atomic E-state index is 11.9. The lowest BCUT2D eigenvalue weighted by Gasteiger charge is -2.53. The molecule has 0 N–H and O–H groups in total. The third-order valence-corrected chi connectivity index (χ3v) is 8.28. The van der Waals surface area contributed by atoms with Crippen LogP contribution in [0.1, 0.15) is 72.1 Å². The molecular formula is C23H32O. The van der Waals surface area contributed by atoms with E-state index in [0.29, 0.717) is 17.1 Å². The minimum Gasteiger partial charge on any atom is -0.295 e. The molecule has 4 rings (SSSR count). The van der Waals surface area contributed by atoms with Gasteiger partial charge < -0.3 is 0 Å². The lowest BCUT2D eigenvalue weighted by atomic mass is 9.51. The summed E-state index contributed by atoms with van der Waals surface area (Å²) in [7, 11) is 0. The Balaban J connectivity index is 1.72. The number of carbonyl (C=O) groups excluding carboxylic acids is 1. The SMILES string of the molecule is C=C(CC)C1CCC2C3CCC4=CC(=O)CCC4(C)C3=CCC12C. The summed E-state index contributed by atoms with van der Waals surface area (Å²) in [6, 6.07) is 0. The van der Waals surface area contributed by atoms with Crippen molar-refractivity contribution in [3.8, 4) is 0 Å². The first-order valence-electron chi connectivity index (χ1n) is 10.0. The van der Waals surface area contributed by atoms with Gasteiger partial charge in [-0.3, -0.25) is 4.79 Å². The zero-order valence-corrected chi connectivity index (χ0v) is 15.7. The van der Waals surface area contributed by atoms with Gasteiger partial charge in [-0.2, -0.15) is 0 Å². The highest BCUT2D eigenvalue weighted by molar-refractivity contribution is 5.92. The zero-order chi connectivity index (χ0) is 17.1. The van der Waals surface area contributed by atoms with Gasteiger partial charge in [0.1, 0.15) is 0 Å². The molecule has 130 valence electrons. The topological polar surface area (TPSA) is 17.1 Å². The molecule has 5 atom stereocenters. The third kappa shape index (κ3) is 2.09. The molecule has 0 radical (unpaired) electrons. The Morgan fingerprint density at radius 1 is 1.25 bits per heavy atom. The number of fused-ring (bicyclic) bond motifs is 5. The summed E-state index contributed by atoms with van der Waals surface area (Å²) in [5, 5.41) is 0. The predicted octanol–water partition coefficient (Wildman–Crippen LogP) is 6.02. The second kappa shape index (κ2) is 5.44. The van der Waals surface area contributed by atoms with Crippen molar-refractivity contribution in [1.82, 2.24) is 0 Å². The lowest BCUT2D eigenvalue weighted by Crippen LogP contribution is -2.44. The van der Waals surface area contributed by atoms with Gasteiger partial charge in [0.2, 0.25) is 0 Å². The van der Waals surface area contributed by atoms with Gasteiger partial charge in [0, 0.05) is 11.8 Å². The van der Waals surface area contributed by atoms with Crippen molar-refractivity contribution in [3.63, 3.8) is 0 Å². The van der Waals surface area contributed by atoms with Crippen molar-refractivity contribution < 1.29 is 4.79 Å². The molecule has 0 heterocycles. The van der Waals surface area contributed by atoms with E-state index in [1.807, 2.05) is 6.08 Å². The molecule has 0 aromatic heterocycles. The van der Waals surface area contributed by atoms with E-state index in [9.17, 15) is 4.79 Å². The average molecular weight is 325 g/mol. The molecule has 0 aromatic carbocycles. The monoisotopic (exact) mass is 324 g/mol. The van der Waals surface area contributed by atoms with E-state index >= 15 is 0 Å².